The molecule has 4 rings (SSSR count). The number of pyridine rings is 1. The molecule has 0 amide bonds. The van der Waals surface area contributed by atoms with E-state index in [0.29, 0.717) is 21.7 Å². The van der Waals surface area contributed by atoms with Gasteiger partial charge in [0.2, 0.25) is 0 Å². The van der Waals surface area contributed by atoms with Crippen LogP contribution in [0.25, 0.3) is 11.0 Å². The van der Waals surface area contributed by atoms with Crippen molar-refractivity contribution in [2.75, 3.05) is 0 Å². The molecule has 6 heteroatoms. The quantitative estimate of drug-likeness (QED) is 0.474. The molecular weight excluding hydrogens is 424 g/mol. The summed E-state index contributed by atoms with van der Waals surface area (Å²) in [6.07, 6.45) is 3.43. The Kier molecular flexibility index (Phi) is 4.61. The fourth-order valence-electron chi connectivity index (χ4n) is 3.25. The molecule has 0 radical (unpaired) electrons. The van der Waals surface area contributed by atoms with Gasteiger partial charge in [0, 0.05) is 27.8 Å². The molecule has 0 fully saturated rings. The molecule has 4 aromatic rings. The first-order chi connectivity index (χ1) is 13.0. The Morgan fingerprint density at radius 3 is 2.44 bits per heavy atom. The highest BCUT2D eigenvalue weighted by molar-refractivity contribution is 9.10. The molecule has 1 unspecified atom stereocenters. The minimum atomic E-state index is -3.69. The molecule has 0 aliphatic carbocycles. The maximum absolute atomic E-state index is 13.7. The zero-order chi connectivity index (χ0) is 19.0. The van der Waals surface area contributed by atoms with E-state index in [1.807, 2.05) is 55.5 Å². The van der Waals surface area contributed by atoms with Gasteiger partial charge in [-0.05, 0) is 42.8 Å². The molecule has 1 atom stereocenters. The first-order valence-electron chi connectivity index (χ1n) is 8.45. The van der Waals surface area contributed by atoms with E-state index in [2.05, 4.69) is 25.9 Å². The second kappa shape index (κ2) is 6.94. The topological polar surface area (TPSA) is 62.8 Å². The minimum Gasteiger partial charge on any atom is -0.346 e. The smallest absolute Gasteiger partial charge is 0.189 e. The third kappa shape index (κ3) is 3.19. The van der Waals surface area contributed by atoms with Crippen LogP contribution in [0.1, 0.15) is 21.9 Å². The zero-order valence-electron chi connectivity index (χ0n) is 14.6. The maximum atomic E-state index is 13.7. The Labute approximate surface area is 166 Å². The molecule has 0 bridgehead atoms. The number of fused-ring (bicyclic) bond motifs is 1. The van der Waals surface area contributed by atoms with Crippen LogP contribution in [-0.2, 0) is 9.84 Å². The number of nitrogens with zero attached hydrogens (tertiary/aromatic N) is 1. The fraction of sp³-hybridized carbons (Fsp3) is 0.0952. The van der Waals surface area contributed by atoms with Gasteiger partial charge in [0.15, 0.2) is 9.84 Å². The van der Waals surface area contributed by atoms with Gasteiger partial charge in [-0.1, -0.05) is 51.8 Å². The molecule has 0 saturated carbocycles. The van der Waals surface area contributed by atoms with E-state index < -0.39 is 15.1 Å². The number of rotatable bonds is 4. The molecule has 4 nitrogen and oxygen atoms in total. The first-order valence-corrected chi connectivity index (χ1v) is 10.8. The SMILES string of the molecule is Cc1ccc(S(=O)(=O)C(c2ccccc2Br)c2c[nH]c3ncccc23)cc1. The average Bonchev–Trinajstić information content (AvgIpc) is 3.08. The summed E-state index contributed by atoms with van der Waals surface area (Å²) in [5, 5.41) is -0.0531. The Balaban J connectivity index is 2.00. The van der Waals surface area contributed by atoms with E-state index in [-0.39, 0.29) is 0 Å². The van der Waals surface area contributed by atoms with Gasteiger partial charge in [-0.2, -0.15) is 0 Å². The van der Waals surface area contributed by atoms with E-state index in [1.165, 1.54) is 0 Å². The van der Waals surface area contributed by atoms with Gasteiger partial charge < -0.3 is 4.98 Å². The Morgan fingerprint density at radius 2 is 1.70 bits per heavy atom. The van der Waals surface area contributed by atoms with E-state index in [4.69, 9.17) is 0 Å². The van der Waals surface area contributed by atoms with Crippen LogP contribution in [0.5, 0.6) is 0 Å². The third-order valence-corrected chi connectivity index (χ3v) is 7.39. The lowest BCUT2D eigenvalue weighted by Gasteiger charge is -2.19. The summed E-state index contributed by atoms with van der Waals surface area (Å²) >= 11 is 3.53. The largest absolute Gasteiger partial charge is 0.346 e. The van der Waals surface area contributed by atoms with Crippen LogP contribution in [0.4, 0.5) is 0 Å². The molecule has 2 aromatic carbocycles. The Morgan fingerprint density at radius 1 is 0.963 bits per heavy atom. The van der Waals surface area contributed by atoms with Crippen LogP contribution < -0.4 is 0 Å². The molecular formula is C21H17BrN2O2S. The summed E-state index contributed by atoms with van der Waals surface area (Å²) < 4.78 is 28.1. The normalized spacial score (nSPS) is 13.0. The number of nitrogens with one attached hydrogen (secondary N) is 1. The molecule has 0 spiro atoms. The van der Waals surface area contributed by atoms with Crippen molar-refractivity contribution in [1.29, 1.82) is 0 Å². The molecule has 2 aromatic heterocycles. The highest BCUT2D eigenvalue weighted by atomic mass is 79.9. The van der Waals surface area contributed by atoms with Gasteiger partial charge >= 0.3 is 0 Å². The van der Waals surface area contributed by atoms with Gasteiger partial charge in [0.25, 0.3) is 0 Å². The standard InChI is InChI=1S/C21H17BrN2O2S/c1-14-8-10-15(11-9-14)27(25,26)20(17-5-2-3-7-19(17)22)18-13-24-21-16(18)6-4-12-23-21/h2-13,20H,1H3,(H,23,24). The predicted octanol–water partition coefficient (Wildman–Crippen LogP) is 5.20. The van der Waals surface area contributed by atoms with Crippen molar-refractivity contribution < 1.29 is 8.42 Å². The number of sulfone groups is 1. The number of halogens is 1. The van der Waals surface area contributed by atoms with Gasteiger partial charge in [-0.3, -0.25) is 0 Å². The number of benzene rings is 2. The van der Waals surface area contributed by atoms with Crippen LogP contribution in [0.3, 0.4) is 0 Å². The van der Waals surface area contributed by atoms with Crippen LogP contribution in [0, 0.1) is 6.92 Å². The van der Waals surface area contributed by atoms with E-state index >= 15 is 0 Å². The van der Waals surface area contributed by atoms with Crippen molar-refractivity contribution in [3.8, 4) is 0 Å². The van der Waals surface area contributed by atoms with Crippen LogP contribution >= 0.6 is 15.9 Å². The van der Waals surface area contributed by atoms with Crippen molar-refractivity contribution >= 4 is 36.8 Å². The third-order valence-electron chi connectivity index (χ3n) is 4.61. The monoisotopic (exact) mass is 440 g/mol. The zero-order valence-corrected chi connectivity index (χ0v) is 17.0. The summed E-state index contributed by atoms with van der Waals surface area (Å²) in [7, 11) is -3.69. The van der Waals surface area contributed by atoms with Crippen molar-refractivity contribution in [1.82, 2.24) is 9.97 Å². The van der Waals surface area contributed by atoms with Crippen LogP contribution in [-0.4, -0.2) is 18.4 Å². The van der Waals surface area contributed by atoms with Crippen molar-refractivity contribution in [2.24, 2.45) is 0 Å². The highest BCUT2D eigenvalue weighted by Gasteiger charge is 2.34. The summed E-state index contributed by atoms with van der Waals surface area (Å²) in [6, 6.07) is 18.1. The van der Waals surface area contributed by atoms with Gasteiger partial charge in [0.1, 0.15) is 10.9 Å². The number of aromatic amines is 1. The molecule has 0 aliphatic rings. The van der Waals surface area contributed by atoms with Crippen LogP contribution in [0.2, 0.25) is 0 Å². The highest BCUT2D eigenvalue weighted by Crippen LogP contribution is 2.40. The van der Waals surface area contributed by atoms with Gasteiger partial charge in [-0.15, -0.1) is 0 Å². The number of aromatic nitrogens is 2. The summed E-state index contributed by atoms with van der Waals surface area (Å²) in [5.74, 6) is 0. The van der Waals surface area contributed by atoms with E-state index in [0.717, 1.165) is 15.4 Å². The van der Waals surface area contributed by atoms with E-state index in [9.17, 15) is 8.42 Å². The molecule has 2 heterocycles. The molecule has 27 heavy (non-hydrogen) atoms. The number of hydrogen-bond acceptors (Lipinski definition) is 3. The Hall–Kier alpha value is -2.44. The summed E-state index contributed by atoms with van der Waals surface area (Å²) in [4.78, 5) is 7.70. The molecule has 1 N–H and O–H groups in total. The lowest BCUT2D eigenvalue weighted by Crippen LogP contribution is -2.15. The maximum Gasteiger partial charge on any atom is 0.189 e. The van der Waals surface area contributed by atoms with E-state index in [1.54, 1.807) is 24.5 Å². The van der Waals surface area contributed by atoms with Crippen LogP contribution in [0.15, 0.2) is 82.4 Å². The second-order valence-electron chi connectivity index (χ2n) is 6.40. The molecule has 0 aliphatic heterocycles. The van der Waals surface area contributed by atoms with Gasteiger partial charge in [0.05, 0.1) is 4.90 Å². The molecule has 136 valence electrons. The number of H-pyrrole nitrogens is 1. The summed E-state index contributed by atoms with van der Waals surface area (Å²) in [5.41, 5.74) is 3.07. The van der Waals surface area contributed by atoms with Crippen molar-refractivity contribution in [3.63, 3.8) is 0 Å². The lowest BCUT2D eigenvalue weighted by atomic mass is 10.0. The first kappa shape index (κ1) is 17.9. The fourth-order valence-corrected chi connectivity index (χ4v) is 5.77. The lowest BCUT2D eigenvalue weighted by molar-refractivity contribution is 0.589. The average molecular weight is 441 g/mol. The summed E-state index contributed by atoms with van der Waals surface area (Å²) in [6.45, 7) is 1.94. The minimum absolute atomic E-state index is 0.298. The van der Waals surface area contributed by atoms with Crippen molar-refractivity contribution in [2.45, 2.75) is 17.1 Å². The van der Waals surface area contributed by atoms with Crippen molar-refractivity contribution in [3.05, 3.63) is 94.2 Å². The number of hydrogen-bond donors (Lipinski definition) is 1. The number of aryl methyl sites for hydroxylation is 1. The Bertz CT molecular complexity index is 1210. The molecule has 0 saturated heterocycles. The second-order valence-corrected chi connectivity index (χ2v) is 9.29. The predicted molar refractivity (Wildman–Crippen MR) is 110 cm³/mol. The van der Waals surface area contributed by atoms with Gasteiger partial charge in [-0.25, -0.2) is 13.4 Å².